The monoisotopic (exact) mass is 276 g/mol. The molecule has 108 valence electrons. The number of carbonyl (C=O) groups excluding carboxylic acids is 1. The summed E-state index contributed by atoms with van der Waals surface area (Å²) in [5.41, 5.74) is 1.41. The van der Waals surface area contributed by atoms with Crippen LogP contribution in [-0.2, 0) is 20.8 Å². The van der Waals surface area contributed by atoms with E-state index in [-0.39, 0.29) is 11.6 Å². The van der Waals surface area contributed by atoms with Gasteiger partial charge >= 0.3 is 5.97 Å². The first kappa shape index (κ1) is 13.6. The molecule has 1 aliphatic heterocycles. The van der Waals surface area contributed by atoms with Crippen molar-refractivity contribution in [3.8, 4) is 0 Å². The molecule has 1 atom stereocenters. The summed E-state index contributed by atoms with van der Waals surface area (Å²) < 4.78 is 16.2. The third-order valence-corrected chi connectivity index (χ3v) is 4.21. The van der Waals surface area contributed by atoms with Crippen molar-refractivity contribution in [1.82, 2.24) is 0 Å². The van der Waals surface area contributed by atoms with Crippen LogP contribution in [0.25, 0.3) is 0 Å². The Morgan fingerprint density at radius 1 is 1.35 bits per heavy atom. The fraction of sp³-hybridized carbons (Fsp3) is 0.562. The average molecular weight is 276 g/mol. The van der Waals surface area contributed by atoms with E-state index in [0.29, 0.717) is 18.1 Å². The predicted molar refractivity (Wildman–Crippen MR) is 73.5 cm³/mol. The van der Waals surface area contributed by atoms with Gasteiger partial charge in [0.25, 0.3) is 0 Å². The molecule has 0 radical (unpaired) electrons. The predicted octanol–water partition coefficient (Wildman–Crippen LogP) is 2.56. The van der Waals surface area contributed by atoms with Gasteiger partial charge in [0.05, 0.1) is 18.8 Å². The van der Waals surface area contributed by atoms with Gasteiger partial charge in [-0.1, -0.05) is 12.1 Å². The summed E-state index contributed by atoms with van der Waals surface area (Å²) in [5, 5.41) is 0. The van der Waals surface area contributed by atoms with Gasteiger partial charge in [-0.3, -0.25) is 0 Å². The molecule has 0 amide bonds. The van der Waals surface area contributed by atoms with E-state index in [1.165, 1.54) is 0 Å². The van der Waals surface area contributed by atoms with Crippen LogP contribution < -0.4 is 0 Å². The first-order chi connectivity index (χ1) is 9.73. The van der Waals surface area contributed by atoms with Crippen LogP contribution in [0.2, 0.25) is 0 Å². The number of rotatable bonds is 5. The van der Waals surface area contributed by atoms with E-state index >= 15 is 0 Å². The third kappa shape index (κ3) is 2.72. The van der Waals surface area contributed by atoms with E-state index in [1.54, 1.807) is 19.2 Å². The molecule has 3 rings (SSSR count). The van der Waals surface area contributed by atoms with Gasteiger partial charge in [-0.25, -0.2) is 4.79 Å². The van der Waals surface area contributed by atoms with Crippen molar-refractivity contribution < 1.29 is 19.0 Å². The molecule has 1 aromatic rings. The van der Waals surface area contributed by atoms with Crippen LogP contribution in [0.5, 0.6) is 0 Å². The van der Waals surface area contributed by atoms with E-state index < -0.39 is 0 Å². The van der Waals surface area contributed by atoms with Gasteiger partial charge in [0, 0.05) is 19.6 Å². The highest BCUT2D eigenvalue weighted by molar-refractivity contribution is 5.89. The van der Waals surface area contributed by atoms with Gasteiger partial charge in [-0.15, -0.1) is 0 Å². The normalized spacial score (nSPS) is 23.6. The Bertz CT molecular complexity index is 470. The molecule has 1 aliphatic carbocycles. The lowest BCUT2D eigenvalue weighted by Crippen LogP contribution is -2.29. The molecule has 0 spiro atoms. The maximum Gasteiger partial charge on any atom is 0.338 e. The highest BCUT2D eigenvalue weighted by Gasteiger charge is 2.54. The summed E-state index contributed by atoms with van der Waals surface area (Å²) in [5.74, 6) is 0.151. The Hall–Kier alpha value is -1.39. The van der Waals surface area contributed by atoms with E-state index in [9.17, 15) is 4.79 Å². The van der Waals surface area contributed by atoms with Gasteiger partial charge in [0.2, 0.25) is 0 Å². The Balaban J connectivity index is 1.64. The van der Waals surface area contributed by atoms with Crippen LogP contribution in [0.15, 0.2) is 24.3 Å². The first-order valence-corrected chi connectivity index (χ1v) is 7.12. The zero-order valence-electron chi connectivity index (χ0n) is 11.8. The smallest absolute Gasteiger partial charge is 0.338 e. The lowest BCUT2D eigenvalue weighted by molar-refractivity contribution is 0.000831. The summed E-state index contributed by atoms with van der Waals surface area (Å²) in [6.07, 6.45) is 2.93. The topological polar surface area (TPSA) is 44.8 Å². The van der Waals surface area contributed by atoms with E-state index in [1.807, 2.05) is 12.1 Å². The molecular formula is C16H20O4. The van der Waals surface area contributed by atoms with E-state index in [0.717, 1.165) is 38.0 Å². The van der Waals surface area contributed by atoms with Crippen molar-refractivity contribution in [1.29, 1.82) is 0 Å². The zero-order chi connectivity index (χ0) is 14.0. The minimum Gasteiger partial charge on any atom is -0.455 e. The van der Waals surface area contributed by atoms with Crippen LogP contribution in [0, 0.1) is 5.92 Å². The van der Waals surface area contributed by atoms with Crippen molar-refractivity contribution in [3.05, 3.63) is 35.4 Å². The first-order valence-electron chi connectivity index (χ1n) is 7.12. The van der Waals surface area contributed by atoms with Gasteiger partial charge in [-0.2, -0.15) is 0 Å². The molecule has 1 saturated carbocycles. The average Bonchev–Trinajstić information content (AvgIpc) is 3.03. The molecule has 0 N–H and O–H groups in total. The lowest BCUT2D eigenvalue weighted by Gasteiger charge is -2.22. The molecule has 1 heterocycles. The van der Waals surface area contributed by atoms with Crippen molar-refractivity contribution in [2.24, 2.45) is 5.92 Å². The highest BCUT2D eigenvalue weighted by atomic mass is 16.6. The van der Waals surface area contributed by atoms with Gasteiger partial charge in [-0.05, 0) is 37.0 Å². The number of hydrogen-bond donors (Lipinski definition) is 0. The fourth-order valence-electron chi connectivity index (χ4n) is 2.81. The Labute approximate surface area is 119 Å². The molecule has 0 aromatic heterocycles. The molecule has 20 heavy (non-hydrogen) atoms. The Kier molecular flexibility index (Phi) is 3.76. The number of methoxy groups -OCH3 is 1. The third-order valence-electron chi connectivity index (χ3n) is 4.21. The minimum atomic E-state index is -0.251. The maximum absolute atomic E-state index is 12.2. The van der Waals surface area contributed by atoms with Crippen LogP contribution in [0.3, 0.4) is 0 Å². The zero-order valence-corrected chi connectivity index (χ0v) is 11.8. The van der Waals surface area contributed by atoms with Gasteiger partial charge in [0.15, 0.2) is 0 Å². The van der Waals surface area contributed by atoms with E-state index in [4.69, 9.17) is 14.2 Å². The second-order valence-electron chi connectivity index (χ2n) is 5.64. The van der Waals surface area contributed by atoms with Crippen LogP contribution in [0.1, 0.15) is 35.2 Å². The summed E-state index contributed by atoms with van der Waals surface area (Å²) in [6, 6.07) is 7.41. The maximum atomic E-state index is 12.2. The van der Waals surface area contributed by atoms with Crippen LogP contribution in [0.4, 0.5) is 0 Å². The number of benzene rings is 1. The van der Waals surface area contributed by atoms with Crippen molar-refractivity contribution in [2.75, 3.05) is 20.3 Å². The summed E-state index contributed by atoms with van der Waals surface area (Å²) >= 11 is 0. The molecule has 0 unspecified atom stereocenters. The second-order valence-corrected chi connectivity index (χ2v) is 5.64. The fourth-order valence-corrected chi connectivity index (χ4v) is 2.81. The van der Waals surface area contributed by atoms with Crippen LogP contribution in [-0.4, -0.2) is 31.9 Å². The largest absolute Gasteiger partial charge is 0.455 e. The molecule has 4 heteroatoms. The molecule has 2 fully saturated rings. The number of carbonyl (C=O) groups is 1. The van der Waals surface area contributed by atoms with Gasteiger partial charge < -0.3 is 14.2 Å². The van der Waals surface area contributed by atoms with E-state index in [2.05, 4.69) is 0 Å². The van der Waals surface area contributed by atoms with Crippen molar-refractivity contribution in [3.63, 3.8) is 0 Å². The molecule has 4 nitrogen and oxygen atoms in total. The standard InChI is InChI=1S/C16H20O4/c1-18-10-12-2-4-13(5-3-12)15(17)20-16(7-8-16)14-6-9-19-11-14/h2-5,14H,6-11H2,1H3/t14-/m0/s1. The highest BCUT2D eigenvalue weighted by Crippen LogP contribution is 2.49. The lowest BCUT2D eigenvalue weighted by atomic mass is 9.99. The molecule has 1 aromatic carbocycles. The molecule has 0 bridgehead atoms. The number of esters is 1. The van der Waals surface area contributed by atoms with Crippen molar-refractivity contribution in [2.45, 2.75) is 31.5 Å². The summed E-state index contributed by atoms with van der Waals surface area (Å²) in [7, 11) is 1.66. The van der Waals surface area contributed by atoms with Gasteiger partial charge in [0.1, 0.15) is 5.60 Å². The van der Waals surface area contributed by atoms with Crippen molar-refractivity contribution >= 4 is 5.97 Å². The minimum absolute atomic E-state index is 0.224. The summed E-state index contributed by atoms with van der Waals surface area (Å²) in [4.78, 5) is 12.2. The quantitative estimate of drug-likeness (QED) is 0.775. The van der Waals surface area contributed by atoms with Crippen LogP contribution >= 0.6 is 0 Å². The molecule has 1 saturated heterocycles. The number of ether oxygens (including phenoxy) is 3. The number of hydrogen-bond acceptors (Lipinski definition) is 4. The Morgan fingerprint density at radius 2 is 2.10 bits per heavy atom. The molecule has 2 aliphatic rings. The SMILES string of the molecule is COCc1ccc(C(=O)OC2([C@H]3CCOC3)CC2)cc1. The second kappa shape index (κ2) is 5.54. The molecular weight excluding hydrogens is 256 g/mol. The Morgan fingerprint density at radius 3 is 2.65 bits per heavy atom. The summed E-state index contributed by atoms with van der Waals surface area (Å²) in [6.45, 7) is 2.06.